The maximum Gasteiger partial charge on any atom is 0.301 e. The normalized spacial score (nSPS) is 11.0. The summed E-state index contributed by atoms with van der Waals surface area (Å²) < 4.78 is 6.93. The van der Waals surface area contributed by atoms with Crippen molar-refractivity contribution in [3.8, 4) is 11.3 Å². The molecule has 0 aliphatic carbocycles. The van der Waals surface area contributed by atoms with Gasteiger partial charge in [0.05, 0.1) is 23.2 Å². The van der Waals surface area contributed by atoms with Crippen LogP contribution in [0.1, 0.15) is 21.8 Å². The highest BCUT2D eigenvalue weighted by atomic mass is 16.3. The molecule has 108 valence electrons. The summed E-state index contributed by atoms with van der Waals surface area (Å²) in [5, 5.41) is 5.40. The molecule has 3 rings (SSSR count). The highest BCUT2D eigenvalue weighted by Gasteiger charge is 2.19. The molecule has 0 unspecified atom stereocenters. The summed E-state index contributed by atoms with van der Waals surface area (Å²) in [5.41, 5.74) is 6.05. The molecule has 3 N–H and O–H groups in total. The number of fused-ring (bicyclic) bond motifs is 1. The lowest BCUT2D eigenvalue weighted by molar-refractivity contribution is 0.0927. The summed E-state index contributed by atoms with van der Waals surface area (Å²) in [5.74, 6) is 4.82. The minimum absolute atomic E-state index is 0.141. The summed E-state index contributed by atoms with van der Waals surface area (Å²) in [7, 11) is 1.84. The largest absolute Gasteiger partial charge is 0.458 e. The fraction of sp³-hybridized carbons (Fsp3) is 0.214. The predicted molar refractivity (Wildman–Crippen MR) is 77.3 cm³/mol. The van der Waals surface area contributed by atoms with Gasteiger partial charge in [-0.1, -0.05) is 0 Å². The highest BCUT2D eigenvalue weighted by Crippen LogP contribution is 2.28. The molecule has 3 heterocycles. The number of hydrazine groups is 1. The second kappa shape index (κ2) is 4.71. The van der Waals surface area contributed by atoms with E-state index in [1.807, 2.05) is 27.0 Å². The topological polar surface area (TPSA) is 99.0 Å². The van der Waals surface area contributed by atoms with Gasteiger partial charge in [0.25, 0.3) is 0 Å². The Labute approximate surface area is 120 Å². The minimum atomic E-state index is -0.490. The fourth-order valence-corrected chi connectivity index (χ4v) is 2.55. The monoisotopic (exact) mass is 285 g/mol. The third-order valence-corrected chi connectivity index (χ3v) is 3.44. The van der Waals surface area contributed by atoms with Crippen LogP contribution >= 0.6 is 0 Å². The van der Waals surface area contributed by atoms with Crippen LogP contribution < -0.4 is 11.3 Å². The van der Waals surface area contributed by atoms with Crippen molar-refractivity contribution >= 4 is 16.9 Å². The molecule has 0 fully saturated rings. The third kappa shape index (κ3) is 1.98. The number of hydrogen-bond donors (Lipinski definition) is 2. The van der Waals surface area contributed by atoms with Gasteiger partial charge in [0.2, 0.25) is 5.76 Å². The van der Waals surface area contributed by atoms with Crippen molar-refractivity contribution in [2.45, 2.75) is 13.8 Å². The van der Waals surface area contributed by atoms with Crippen LogP contribution in [-0.4, -0.2) is 20.7 Å². The van der Waals surface area contributed by atoms with Gasteiger partial charge in [-0.2, -0.15) is 5.10 Å². The van der Waals surface area contributed by atoms with Gasteiger partial charge in [0, 0.05) is 12.4 Å². The number of nitrogens with zero attached hydrogens (tertiary/aromatic N) is 3. The maximum absolute atomic E-state index is 11.7. The Morgan fingerprint density at radius 2 is 2.19 bits per heavy atom. The minimum Gasteiger partial charge on any atom is -0.458 e. The van der Waals surface area contributed by atoms with E-state index in [1.54, 1.807) is 10.7 Å². The van der Waals surface area contributed by atoms with Crippen LogP contribution in [0.2, 0.25) is 0 Å². The Morgan fingerprint density at radius 1 is 1.43 bits per heavy atom. The molecule has 3 aromatic heterocycles. The first kappa shape index (κ1) is 13.3. The van der Waals surface area contributed by atoms with Crippen LogP contribution in [0.25, 0.3) is 22.3 Å². The van der Waals surface area contributed by atoms with E-state index in [1.165, 1.54) is 6.26 Å². The SMILES string of the molecule is Cc1cc(-c2ccoc2C(=O)NN)nc2c1c(C)nn2C. The summed E-state index contributed by atoms with van der Waals surface area (Å²) in [6.45, 7) is 3.94. The Hall–Kier alpha value is -2.67. The Balaban J connectivity index is 2.25. The summed E-state index contributed by atoms with van der Waals surface area (Å²) in [6, 6.07) is 3.61. The van der Waals surface area contributed by atoms with E-state index in [0.717, 1.165) is 22.3 Å². The molecule has 0 aromatic carbocycles. The van der Waals surface area contributed by atoms with E-state index >= 15 is 0 Å². The molecule has 0 aliphatic heterocycles. The number of nitrogens with two attached hydrogens (primary N) is 1. The number of rotatable bonds is 2. The lowest BCUT2D eigenvalue weighted by Crippen LogP contribution is -2.30. The first-order valence-corrected chi connectivity index (χ1v) is 6.42. The van der Waals surface area contributed by atoms with Gasteiger partial charge in [-0.15, -0.1) is 0 Å². The van der Waals surface area contributed by atoms with Gasteiger partial charge in [-0.25, -0.2) is 10.8 Å². The molecule has 0 spiro atoms. The standard InChI is InChI=1S/C14H15N5O2/c1-7-6-10(9-4-5-21-12(9)14(20)17-15)16-13-11(7)8(2)18-19(13)3/h4-6H,15H2,1-3H3,(H,17,20). The molecule has 0 bridgehead atoms. The number of carbonyl (C=O) groups excluding carboxylic acids is 1. The van der Waals surface area contributed by atoms with Crippen molar-refractivity contribution in [2.24, 2.45) is 12.9 Å². The number of aryl methyl sites for hydroxylation is 3. The van der Waals surface area contributed by atoms with E-state index in [9.17, 15) is 4.79 Å². The second-order valence-electron chi connectivity index (χ2n) is 4.87. The smallest absolute Gasteiger partial charge is 0.301 e. The number of aromatic nitrogens is 3. The Bertz CT molecular complexity index is 847. The van der Waals surface area contributed by atoms with E-state index in [2.05, 4.69) is 15.5 Å². The quantitative estimate of drug-likeness (QED) is 0.422. The van der Waals surface area contributed by atoms with Crippen LogP contribution in [-0.2, 0) is 7.05 Å². The summed E-state index contributed by atoms with van der Waals surface area (Å²) >= 11 is 0. The highest BCUT2D eigenvalue weighted by molar-refractivity contribution is 5.98. The molecule has 3 aromatic rings. The van der Waals surface area contributed by atoms with Crippen LogP contribution in [0.15, 0.2) is 22.8 Å². The van der Waals surface area contributed by atoms with Crippen molar-refractivity contribution in [3.05, 3.63) is 35.4 Å². The van der Waals surface area contributed by atoms with Gasteiger partial charge in [-0.3, -0.25) is 14.9 Å². The number of pyridine rings is 1. The lowest BCUT2D eigenvalue weighted by Gasteiger charge is -2.05. The van der Waals surface area contributed by atoms with E-state index < -0.39 is 5.91 Å². The van der Waals surface area contributed by atoms with Gasteiger partial charge < -0.3 is 4.42 Å². The van der Waals surface area contributed by atoms with Crippen molar-refractivity contribution in [1.29, 1.82) is 0 Å². The van der Waals surface area contributed by atoms with Gasteiger partial charge >= 0.3 is 5.91 Å². The molecule has 21 heavy (non-hydrogen) atoms. The maximum atomic E-state index is 11.7. The number of furan rings is 1. The lowest BCUT2D eigenvalue weighted by atomic mass is 10.1. The molecule has 7 nitrogen and oxygen atoms in total. The van der Waals surface area contributed by atoms with Crippen LogP contribution in [0, 0.1) is 13.8 Å². The molecule has 7 heteroatoms. The number of hydrogen-bond acceptors (Lipinski definition) is 5. The molecular formula is C14H15N5O2. The van der Waals surface area contributed by atoms with Crippen molar-refractivity contribution in [3.63, 3.8) is 0 Å². The molecule has 0 aliphatic rings. The molecule has 0 atom stereocenters. The molecular weight excluding hydrogens is 270 g/mol. The second-order valence-corrected chi connectivity index (χ2v) is 4.87. The van der Waals surface area contributed by atoms with Crippen LogP contribution in [0.5, 0.6) is 0 Å². The number of nitrogens with one attached hydrogen (secondary N) is 1. The molecule has 1 amide bonds. The van der Waals surface area contributed by atoms with E-state index in [0.29, 0.717) is 11.3 Å². The Kier molecular flexibility index (Phi) is 2.99. The predicted octanol–water partition coefficient (Wildman–Crippen LogP) is 1.45. The van der Waals surface area contributed by atoms with Gasteiger partial charge in [0.1, 0.15) is 0 Å². The average molecular weight is 285 g/mol. The van der Waals surface area contributed by atoms with Gasteiger partial charge in [-0.05, 0) is 31.5 Å². The van der Waals surface area contributed by atoms with E-state index in [4.69, 9.17) is 10.3 Å². The zero-order chi connectivity index (χ0) is 15.1. The van der Waals surface area contributed by atoms with Crippen molar-refractivity contribution in [1.82, 2.24) is 20.2 Å². The Morgan fingerprint density at radius 3 is 2.90 bits per heavy atom. The van der Waals surface area contributed by atoms with Crippen molar-refractivity contribution < 1.29 is 9.21 Å². The van der Waals surface area contributed by atoms with Gasteiger partial charge in [0.15, 0.2) is 5.65 Å². The van der Waals surface area contributed by atoms with Crippen LogP contribution in [0.4, 0.5) is 0 Å². The third-order valence-electron chi connectivity index (χ3n) is 3.44. The molecule has 0 saturated heterocycles. The molecule has 0 radical (unpaired) electrons. The first-order valence-electron chi connectivity index (χ1n) is 6.42. The summed E-state index contributed by atoms with van der Waals surface area (Å²) in [4.78, 5) is 16.3. The number of amides is 1. The molecule has 0 saturated carbocycles. The fourth-order valence-electron chi connectivity index (χ4n) is 2.55. The average Bonchev–Trinajstić information content (AvgIpc) is 3.04. The number of nitrogen functional groups attached to an aromatic ring is 1. The van der Waals surface area contributed by atoms with Crippen LogP contribution in [0.3, 0.4) is 0 Å². The number of carbonyl (C=O) groups is 1. The zero-order valence-corrected chi connectivity index (χ0v) is 12.0. The zero-order valence-electron chi connectivity index (χ0n) is 12.0. The first-order chi connectivity index (χ1) is 10.0. The van der Waals surface area contributed by atoms with Crippen molar-refractivity contribution in [2.75, 3.05) is 0 Å². The summed E-state index contributed by atoms with van der Waals surface area (Å²) in [6.07, 6.45) is 1.44. The van der Waals surface area contributed by atoms with E-state index in [-0.39, 0.29) is 5.76 Å².